The molecule has 1 aromatic carbocycles. The molecule has 1 aliphatic rings. The molecular formula is C26H41N6O4PSi. The Bertz CT molecular complexity index is 1230. The average Bonchev–Trinajstić information content (AvgIpc) is 3.40. The minimum absolute atomic E-state index is 0. The van der Waals surface area contributed by atoms with Crippen molar-refractivity contribution in [3.8, 4) is 0 Å². The molecule has 0 saturated carbocycles. The zero-order valence-electron chi connectivity index (χ0n) is 22.8. The van der Waals surface area contributed by atoms with Gasteiger partial charge in [0.25, 0.3) is 5.91 Å². The number of carbonyl (C=O) groups is 1. The van der Waals surface area contributed by atoms with Crippen LogP contribution in [0.5, 0.6) is 0 Å². The van der Waals surface area contributed by atoms with Crippen LogP contribution in [-0.2, 0) is 13.7 Å². The molecule has 12 heteroatoms. The van der Waals surface area contributed by atoms with Gasteiger partial charge in [0.05, 0.1) is 6.10 Å². The number of rotatable bonds is 8. The summed E-state index contributed by atoms with van der Waals surface area (Å²) in [5.74, 6) is 0.000560. The predicted molar refractivity (Wildman–Crippen MR) is 154 cm³/mol. The number of aromatic nitrogens is 5. The van der Waals surface area contributed by atoms with Gasteiger partial charge in [-0.2, -0.15) is 4.68 Å². The van der Waals surface area contributed by atoms with Crippen LogP contribution in [0.25, 0.3) is 11.2 Å². The van der Waals surface area contributed by atoms with E-state index in [4.69, 9.17) is 13.7 Å². The Morgan fingerprint density at radius 3 is 2.45 bits per heavy atom. The summed E-state index contributed by atoms with van der Waals surface area (Å²) < 4.78 is 21.6. The molecule has 1 fully saturated rings. The summed E-state index contributed by atoms with van der Waals surface area (Å²) in [6, 6.07) is 8.95. The van der Waals surface area contributed by atoms with Crippen LogP contribution < -0.4 is 5.32 Å². The number of anilines is 1. The molecule has 1 saturated heterocycles. The van der Waals surface area contributed by atoms with E-state index in [1.54, 1.807) is 16.8 Å². The molecule has 1 amide bonds. The monoisotopic (exact) mass is 560 g/mol. The fourth-order valence-corrected chi connectivity index (χ4v) is 6.07. The third-order valence-corrected chi connectivity index (χ3v) is 12.2. The Kier molecular flexibility index (Phi) is 9.42. The van der Waals surface area contributed by atoms with Gasteiger partial charge in [0, 0.05) is 13.7 Å². The maximum atomic E-state index is 12.8. The SMILES string of the molecule is C.CC[C@H]1O[C@@H](n2nnc3c(NC(=O)c4ccccc4)ncnc32)C(O[Si](C)(C)C(C)(C)C)[C@H]1OP(C)C. The molecule has 38 heavy (non-hydrogen) atoms. The second-order valence-corrected chi connectivity index (χ2v) is 17.5. The van der Waals surface area contributed by atoms with Crippen molar-refractivity contribution >= 4 is 39.4 Å². The maximum absolute atomic E-state index is 12.8. The fourth-order valence-electron chi connectivity index (χ4n) is 4.04. The lowest BCUT2D eigenvalue weighted by Crippen LogP contribution is -2.49. The molecule has 1 unspecified atom stereocenters. The number of nitrogens with zero attached hydrogens (tertiary/aromatic N) is 5. The molecule has 1 aliphatic heterocycles. The molecule has 1 N–H and O–H groups in total. The quantitative estimate of drug-likeness (QED) is 0.270. The van der Waals surface area contributed by atoms with Crippen molar-refractivity contribution in [2.75, 3.05) is 18.6 Å². The van der Waals surface area contributed by atoms with Crippen molar-refractivity contribution in [1.29, 1.82) is 0 Å². The summed E-state index contributed by atoms with van der Waals surface area (Å²) in [5, 5.41) is 11.6. The minimum atomic E-state index is -2.20. The molecule has 10 nitrogen and oxygen atoms in total. The topological polar surface area (TPSA) is 113 Å². The first-order valence-corrected chi connectivity index (χ1v) is 17.6. The molecule has 4 rings (SSSR count). The summed E-state index contributed by atoms with van der Waals surface area (Å²) in [7, 11) is -2.85. The largest absolute Gasteiger partial charge is 0.406 e. The first-order chi connectivity index (χ1) is 17.4. The van der Waals surface area contributed by atoms with Crippen molar-refractivity contribution in [2.45, 2.75) is 84.2 Å². The van der Waals surface area contributed by atoms with Crippen LogP contribution in [0.4, 0.5) is 5.82 Å². The lowest BCUT2D eigenvalue weighted by molar-refractivity contribution is -0.0402. The van der Waals surface area contributed by atoms with Crippen LogP contribution in [-0.4, -0.2) is 70.8 Å². The maximum Gasteiger partial charge on any atom is 0.256 e. The van der Waals surface area contributed by atoms with Crippen LogP contribution in [0, 0.1) is 0 Å². The summed E-state index contributed by atoms with van der Waals surface area (Å²) >= 11 is 0. The van der Waals surface area contributed by atoms with E-state index in [9.17, 15) is 4.79 Å². The number of nitrogens with one attached hydrogen (secondary N) is 1. The normalized spacial score (nSPS) is 22.0. The number of fused-ring (bicyclic) bond motifs is 1. The van der Waals surface area contributed by atoms with Gasteiger partial charge in [0.2, 0.25) is 0 Å². The highest BCUT2D eigenvalue weighted by Crippen LogP contribution is 2.46. The van der Waals surface area contributed by atoms with Gasteiger partial charge in [-0.05, 0) is 50.0 Å². The van der Waals surface area contributed by atoms with E-state index < -0.39 is 28.8 Å². The summed E-state index contributed by atoms with van der Waals surface area (Å²) in [6.07, 6.45) is 0.771. The van der Waals surface area contributed by atoms with Gasteiger partial charge in [-0.15, -0.1) is 5.10 Å². The van der Waals surface area contributed by atoms with E-state index in [0.717, 1.165) is 6.42 Å². The molecule has 3 heterocycles. The molecule has 208 valence electrons. The van der Waals surface area contributed by atoms with Crippen LogP contribution in [0.2, 0.25) is 18.1 Å². The van der Waals surface area contributed by atoms with Gasteiger partial charge < -0.3 is 19.0 Å². The molecule has 4 atom stereocenters. The summed E-state index contributed by atoms with van der Waals surface area (Å²) in [4.78, 5) is 21.5. The van der Waals surface area contributed by atoms with Crippen molar-refractivity contribution in [3.63, 3.8) is 0 Å². The van der Waals surface area contributed by atoms with Gasteiger partial charge in [-0.1, -0.05) is 58.5 Å². The van der Waals surface area contributed by atoms with E-state index in [0.29, 0.717) is 16.7 Å². The van der Waals surface area contributed by atoms with Crippen LogP contribution >= 0.6 is 8.15 Å². The Hall–Kier alpha value is -2.30. The van der Waals surface area contributed by atoms with Crippen molar-refractivity contribution in [3.05, 3.63) is 42.2 Å². The van der Waals surface area contributed by atoms with Crippen molar-refractivity contribution < 1.29 is 18.5 Å². The third-order valence-electron chi connectivity index (χ3n) is 7.03. The van der Waals surface area contributed by atoms with Crippen molar-refractivity contribution in [1.82, 2.24) is 25.0 Å². The lowest BCUT2D eigenvalue weighted by Gasteiger charge is -2.40. The van der Waals surface area contributed by atoms with E-state index in [1.807, 2.05) is 18.2 Å². The van der Waals surface area contributed by atoms with Gasteiger partial charge in [0.1, 0.15) is 18.5 Å². The second-order valence-electron chi connectivity index (χ2n) is 10.9. The first-order valence-electron chi connectivity index (χ1n) is 12.5. The third kappa shape index (κ3) is 6.12. The Labute approximate surface area is 227 Å². The molecule has 0 spiro atoms. The summed E-state index contributed by atoms with van der Waals surface area (Å²) in [6.45, 7) is 17.3. The molecule has 3 aromatic rings. The number of carbonyl (C=O) groups excluding carboxylic acids is 1. The number of ether oxygens (including phenoxy) is 1. The highest BCUT2D eigenvalue weighted by molar-refractivity contribution is 7.50. The van der Waals surface area contributed by atoms with E-state index >= 15 is 0 Å². The van der Waals surface area contributed by atoms with Crippen molar-refractivity contribution in [2.24, 2.45) is 0 Å². The molecule has 0 aliphatic carbocycles. The standard InChI is InChI=1S/C25H37N6O4PSi.CH4/c1-9-17-19(34-36(5)6)20(35-37(7,8)25(2,3)4)24(33-17)31-22-18(29-30-31)21(26-15-27-22)28-23(32)16-13-11-10-12-14-16;/h10-15,17,19-20,24H,9H2,1-8H3,(H,26,27,28,32);1H4/t17-,19+,20?,24-;/m1./s1. The van der Waals surface area contributed by atoms with Gasteiger partial charge in [-0.3, -0.25) is 4.79 Å². The molecule has 0 bridgehead atoms. The van der Waals surface area contributed by atoms with Gasteiger partial charge >= 0.3 is 0 Å². The lowest BCUT2D eigenvalue weighted by atomic mass is 10.1. The minimum Gasteiger partial charge on any atom is -0.406 e. The smallest absolute Gasteiger partial charge is 0.256 e. The van der Waals surface area contributed by atoms with Crippen LogP contribution in [0.15, 0.2) is 36.7 Å². The van der Waals surface area contributed by atoms with E-state index in [1.165, 1.54) is 6.33 Å². The Morgan fingerprint density at radius 1 is 1.16 bits per heavy atom. The average molecular weight is 561 g/mol. The number of amides is 1. The van der Waals surface area contributed by atoms with Crippen LogP contribution in [0.1, 0.15) is 58.1 Å². The predicted octanol–water partition coefficient (Wildman–Crippen LogP) is 5.85. The zero-order valence-corrected chi connectivity index (χ0v) is 24.7. The molecular weight excluding hydrogens is 519 g/mol. The summed E-state index contributed by atoms with van der Waals surface area (Å²) in [5.41, 5.74) is 1.36. The van der Waals surface area contributed by atoms with E-state index in [-0.39, 0.29) is 36.4 Å². The Morgan fingerprint density at radius 2 is 1.84 bits per heavy atom. The fraction of sp³-hybridized carbons (Fsp3) is 0.577. The first kappa shape index (κ1) is 30.2. The Balaban J connectivity index is 0.00000400. The van der Waals surface area contributed by atoms with Gasteiger partial charge in [0.15, 0.2) is 31.5 Å². The zero-order chi connectivity index (χ0) is 27.0. The highest BCUT2D eigenvalue weighted by atomic mass is 31.1. The van der Waals surface area contributed by atoms with E-state index in [2.05, 4.69) is 79.7 Å². The number of hydrogen-bond acceptors (Lipinski definition) is 8. The second kappa shape index (κ2) is 11.8. The van der Waals surface area contributed by atoms with Gasteiger partial charge in [-0.25, -0.2) is 9.97 Å². The molecule has 2 aromatic heterocycles. The number of benzene rings is 1. The van der Waals surface area contributed by atoms with Crippen LogP contribution in [0.3, 0.4) is 0 Å². The number of hydrogen-bond donors (Lipinski definition) is 1. The molecule has 0 radical (unpaired) electrons. The highest BCUT2D eigenvalue weighted by Gasteiger charge is 2.52.